The number of carbonyl (C=O) groups is 1. The largest absolute Gasteiger partial charge is 0.440 e. The van der Waals surface area contributed by atoms with Gasteiger partial charge in [-0.2, -0.15) is 0 Å². The Bertz CT molecular complexity index is 467. The van der Waals surface area contributed by atoms with Crippen LogP contribution in [0.2, 0.25) is 5.22 Å². The zero-order valence-corrected chi connectivity index (χ0v) is 10.8. The van der Waals surface area contributed by atoms with Gasteiger partial charge in [0.15, 0.2) is 11.0 Å². The first kappa shape index (κ1) is 12.1. The fourth-order valence-corrected chi connectivity index (χ4v) is 3.25. The molecule has 1 aliphatic carbocycles. The third-order valence-electron chi connectivity index (χ3n) is 4.19. The number of carbonyl (C=O) groups excluding carboxylic acids is 1. The highest BCUT2D eigenvalue weighted by molar-refractivity contribution is 6.29. The van der Waals surface area contributed by atoms with E-state index in [1.54, 1.807) is 12.1 Å². The van der Waals surface area contributed by atoms with Crippen LogP contribution in [0.4, 0.5) is 0 Å². The molecule has 1 saturated carbocycles. The molecule has 4 nitrogen and oxygen atoms in total. The second-order valence-electron chi connectivity index (χ2n) is 5.29. The molecule has 1 aliphatic heterocycles. The zero-order valence-electron chi connectivity index (χ0n) is 10.1. The van der Waals surface area contributed by atoms with Crippen LogP contribution in [-0.4, -0.2) is 34.1 Å². The van der Waals surface area contributed by atoms with E-state index in [1.807, 2.05) is 4.90 Å². The van der Waals surface area contributed by atoms with Gasteiger partial charge in [0.25, 0.3) is 5.91 Å². The average molecular weight is 270 g/mol. The van der Waals surface area contributed by atoms with Crippen molar-refractivity contribution in [3.05, 3.63) is 23.1 Å². The summed E-state index contributed by atoms with van der Waals surface area (Å²) in [6.07, 6.45) is 4.12. The molecule has 18 heavy (non-hydrogen) atoms. The molecule has 0 aromatic carbocycles. The van der Waals surface area contributed by atoms with Gasteiger partial charge in [-0.15, -0.1) is 0 Å². The minimum absolute atomic E-state index is 0.103. The van der Waals surface area contributed by atoms with Crippen molar-refractivity contribution in [1.29, 1.82) is 0 Å². The highest BCUT2D eigenvalue weighted by Gasteiger charge is 2.48. The van der Waals surface area contributed by atoms with Gasteiger partial charge in [0, 0.05) is 12.1 Å². The SMILES string of the molecule is O=C(c1ccc(Cl)o1)N1CCC(O)CC12CCC2. The van der Waals surface area contributed by atoms with Crippen LogP contribution in [0.5, 0.6) is 0 Å². The first-order valence-corrected chi connectivity index (χ1v) is 6.74. The summed E-state index contributed by atoms with van der Waals surface area (Å²) in [5.41, 5.74) is -0.145. The fraction of sp³-hybridized carbons (Fsp3) is 0.615. The number of hydrogen-bond donors (Lipinski definition) is 1. The van der Waals surface area contributed by atoms with Gasteiger partial charge in [0.1, 0.15) is 0 Å². The molecule has 1 aromatic heterocycles. The standard InChI is InChI=1S/C13H16ClNO3/c14-11-3-2-10(18-11)12(17)15-7-4-9(16)8-13(15)5-1-6-13/h2-3,9,16H,1,4-8H2. The Labute approximate surface area is 111 Å². The van der Waals surface area contributed by atoms with E-state index in [9.17, 15) is 9.90 Å². The number of aliphatic hydroxyl groups is 1. The maximum Gasteiger partial charge on any atom is 0.290 e. The third kappa shape index (κ3) is 1.84. The first-order valence-electron chi connectivity index (χ1n) is 6.36. The maximum atomic E-state index is 12.4. The van der Waals surface area contributed by atoms with Crippen molar-refractivity contribution in [2.45, 2.75) is 43.7 Å². The van der Waals surface area contributed by atoms with E-state index >= 15 is 0 Å². The molecule has 98 valence electrons. The molecule has 1 aromatic rings. The van der Waals surface area contributed by atoms with E-state index in [0.717, 1.165) is 19.3 Å². The molecule has 1 N–H and O–H groups in total. The minimum atomic E-state index is -0.283. The molecule has 2 heterocycles. The molecule has 1 spiro atoms. The van der Waals surface area contributed by atoms with Crippen LogP contribution < -0.4 is 0 Å². The summed E-state index contributed by atoms with van der Waals surface area (Å²) in [4.78, 5) is 14.3. The van der Waals surface area contributed by atoms with Crippen molar-refractivity contribution < 1.29 is 14.3 Å². The van der Waals surface area contributed by atoms with Crippen LogP contribution in [0.25, 0.3) is 0 Å². The number of nitrogens with zero attached hydrogens (tertiary/aromatic N) is 1. The van der Waals surface area contributed by atoms with Crippen molar-refractivity contribution in [3.63, 3.8) is 0 Å². The smallest absolute Gasteiger partial charge is 0.290 e. The van der Waals surface area contributed by atoms with Crippen LogP contribution in [0.3, 0.4) is 0 Å². The number of aliphatic hydroxyl groups excluding tert-OH is 1. The summed E-state index contributed by atoms with van der Waals surface area (Å²) in [6.45, 7) is 0.596. The van der Waals surface area contributed by atoms with Crippen LogP contribution >= 0.6 is 11.6 Å². The van der Waals surface area contributed by atoms with Crippen molar-refractivity contribution >= 4 is 17.5 Å². The van der Waals surface area contributed by atoms with E-state index < -0.39 is 0 Å². The van der Waals surface area contributed by atoms with Crippen molar-refractivity contribution in [2.24, 2.45) is 0 Å². The molecule has 1 saturated heterocycles. The lowest BCUT2D eigenvalue weighted by Crippen LogP contribution is -2.61. The van der Waals surface area contributed by atoms with E-state index in [2.05, 4.69) is 0 Å². The normalized spacial score (nSPS) is 26.1. The number of rotatable bonds is 1. The highest BCUT2D eigenvalue weighted by Crippen LogP contribution is 2.45. The van der Waals surface area contributed by atoms with Crippen molar-refractivity contribution in [2.75, 3.05) is 6.54 Å². The van der Waals surface area contributed by atoms with Gasteiger partial charge in [-0.25, -0.2) is 0 Å². The summed E-state index contributed by atoms with van der Waals surface area (Å²) in [5.74, 6) is 0.191. The van der Waals surface area contributed by atoms with Gasteiger partial charge in [0.05, 0.1) is 6.10 Å². The van der Waals surface area contributed by atoms with Crippen LogP contribution in [0, 0.1) is 0 Å². The number of hydrogen-bond acceptors (Lipinski definition) is 3. The van der Waals surface area contributed by atoms with Crippen molar-refractivity contribution in [3.8, 4) is 0 Å². The maximum absolute atomic E-state index is 12.4. The predicted molar refractivity (Wildman–Crippen MR) is 66.6 cm³/mol. The zero-order chi connectivity index (χ0) is 12.8. The van der Waals surface area contributed by atoms with Gasteiger partial charge in [-0.1, -0.05) is 0 Å². The van der Waals surface area contributed by atoms with E-state index in [1.165, 1.54) is 0 Å². The molecule has 1 amide bonds. The number of furan rings is 1. The Morgan fingerprint density at radius 3 is 2.83 bits per heavy atom. The quantitative estimate of drug-likeness (QED) is 0.852. The van der Waals surface area contributed by atoms with Gasteiger partial charge in [0.2, 0.25) is 0 Å². The van der Waals surface area contributed by atoms with Crippen LogP contribution in [-0.2, 0) is 0 Å². The van der Waals surface area contributed by atoms with E-state index in [0.29, 0.717) is 25.1 Å². The lowest BCUT2D eigenvalue weighted by Gasteiger charge is -2.54. The van der Waals surface area contributed by atoms with Gasteiger partial charge < -0.3 is 14.4 Å². The summed E-state index contributed by atoms with van der Waals surface area (Å²) >= 11 is 5.71. The Morgan fingerprint density at radius 1 is 1.50 bits per heavy atom. The molecular weight excluding hydrogens is 254 g/mol. The third-order valence-corrected chi connectivity index (χ3v) is 4.39. The van der Waals surface area contributed by atoms with Gasteiger partial charge >= 0.3 is 0 Å². The average Bonchev–Trinajstić information content (AvgIpc) is 2.73. The van der Waals surface area contributed by atoms with E-state index in [4.69, 9.17) is 16.0 Å². The predicted octanol–water partition coefficient (Wildman–Crippen LogP) is 2.45. The fourth-order valence-electron chi connectivity index (χ4n) is 3.10. The van der Waals surface area contributed by atoms with Crippen LogP contribution in [0.15, 0.2) is 16.5 Å². The number of amides is 1. The molecule has 2 fully saturated rings. The summed E-state index contributed by atoms with van der Waals surface area (Å²) in [5, 5.41) is 10.0. The molecule has 2 aliphatic rings. The molecule has 1 unspecified atom stereocenters. The Morgan fingerprint density at radius 2 is 2.28 bits per heavy atom. The van der Waals surface area contributed by atoms with Crippen LogP contribution in [0.1, 0.15) is 42.7 Å². The molecule has 3 rings (SSSR count). The first-order chi connectivity index (χ1) is 8.61. The number of likely N-dealkylation sites (tertiary alicyclic amines) is 1. The Balaban J connectivity index is 1.84. The lowest BCUT2D eigenvalue weighted by molar-refractivity contribution is -0.0496. The number of halogens is 1. The van der Waals surface area contributed by atoms with Crippen molar-refractivity contribution in [1.82, 2.24) is 4.90 Å². The molecule has 0 radical (unpaired) electrons. The molecule has 5 heteroatoms. The minimum Gasteiger partial charge on any atom is -0.440 e. The second-order valence-corrected chi connectivity index (χ2v) is 5.66. The molecule has 1 atom stereocenters. The molecule has 0 bridgehead atoms. The Hall–Kier alpha value is -1.00. The second kappa shape index (κ2) is 4.28. The topological polar surface area (TPSA) is 53.7 Å². The number of piperidine rings is 1. The Kier molecular flexibility index (Phi) is 2.87. The summed E-state index contributed by atoms with van der Waals surface area (Å²) < 4.78 is 5.20. The summed E-state index contributed by atoms with van der Waals surface area (Å²) in [6, 6.07) is 3.20. The van der Waals surface area contributed by atoms with Gasteiger partial charge in [-0.3, -0.25) is 4.79 Å². The molecular formula is C13H16ClNO3. The van der Waals surface area contributed by atoms with E-state index in [-0.39, 0.29) is 22.8 Å². The lowest BCUT2D eigenvalue weighted by atomic mass is 9.69. The summed E-state index contributed by atoms with van der Waals surface area (Å²) in [7, 11) is 0. The monoisotopic (exact) mass is 269 g/mol. The van der Waals surface area contributed by atoms with Gasteiger partial charge in [-0.05, 0) is 55.8 Å². The highest BCUT2D eigenvalue weighted by atomic mass is 35.5.